The Labute approximate surface area is 74.3 Å². The van der Waals surface area contributed by atoms with E-state index in [4.69, 9.17) is 0 Å². The van der Waals surface area contributed by atoms with E-state index in [0.717, 1.165) is 12.7 Å². The van der Waals surface area contributed by atoms with Crippen LogP contribution in [0.25, 0.3) is 0 Å². The highest BCUT2D eigenvalue weighted by molar-refractivity contribution is 5.71. The highest BCUT2D eigenvalue weighted by Gasteiger charge is 2.09. The normalized spacial score (nSPS) is 17.2. The molecule has 0 aromatic heterocycles. The van der Waals surface area contributed by atoms with Crippen molar-refractivity contribution in [2.75, 3.05) is 0 Å². The number of aliphatic hydroxyl groups excluding tert-OH is 1. The molecule has 2 nitrogen and oxygen atoms in total. The molecule has 0 amide bonds. The molecule has 0 rings (SSSR count). The number of rotatable bonds is 5. The Morgan fingerprint density at radius 2 is 2.17 bits per heavy atom. The summed E-state index contributed by atoms with van der Waals surface area (Å²) in [5.41, 5.74) is 0.692. The molecule has 12 heavy (non-hydrogen) atoms. The predicted molar refractivity (Wildman–Crippen MR) is 49.9 cm³/mol. The third-order valence-corrected chi connectivity index (χ3v) is 2.17. The van der Waals surface area contributed by atoms with Crippen molar-refractivity contribution >= 4 is 6.29 Å². The maximum Gasteiger partial charge on any atom is 0.145 e. The molecule has 0 saturated heterocycles. The number of carbonyl (C=O) groups is 1. The molecular weight excluding hydrogens is 152 g/mol. The van der Waals surface area contributed by atoms with E-state index in [1.807, 2.05) is 13.8 Å². The molecule has 0 aliphatic heterocycles. The lowest BCUT2D eigenvalue weighted by atomic mass is 9.99. The quantitative estimate of drug-likeness (QED) is 0.505. The number of hydrogen-bond acceptors (Lipinski definition) is 2. The lowest BCUT2D eigenvalue weighted by Crippen LogP contribution is -2.15. The van der Waals surface area contributed by atoms with Crippen LogP contribution in [0.1, 0.15) is 33.6 Å². The Bertz CT molecular complexity index is 161. The molecular formula is C10H18O2. The monoisotopic (exact) mass is 170 g/mol. The smallest absolute Gasteiger partial charge is 0.145 e. The Morgan fingerprint density at radius 1 is 1.58 bits per heavy atom. The summed E-state index contributed by atoms with van der Waals surface area (Å²) >= 11 is 0. The summed E-state index contributed by atoms with van der Waals surface area (Å²) in [6, 6.07) is 0. The first-order valence-corrected chi connectivity index (χ1v) is 4.41. The van der Waals surface area contributed by atoms with E-state index < -0.39 is 0 Å². The number of allylic oxidation sites excluding steroid dienone is 1. The van der Waals surface area contributed by atoms with Gasteiger partial charge in [0.1, 0.15) is 6.29 Å². The van der Waals surface area contributed by atoms with Crippen molar-refractivity contribution in [2.24, 2.45) is 5.92 Å². The first-order valence-electron chi connectivity index (χ1n) is 4.41. The van der Waals surface area contributed by atoms with Gasteiger partial charge in [-0.2, -0.15) is 0 Å². The van der Waals surface area contributed by atoms with Gasteiger partial charge in [-0.15, -0.1) is 0 Å². The Hall–Kier alpha value is -0.630. The highest BCUT2D eigenvalue weighted by atomic mass is 16.3. The highest BCUT2D eigenvalue weighted by Crippen LogP contribution is 2.11. The van der Waals surface area contributed by atoms with Gasteiger partial charge in [0.2, 0.25) is 0 Å². The van der Waals surface area contributed by atoms with E-state index in [9.17, 15) is 9.90 Å². The largest absolute Gasteiger partial charge is 0.393 e. The van der Waals surface area contributed by atoms with Crippen molar-refractivity contribution in [3.63, 3.8) is 0 Å². The van der Waals surface area contributed by atoms with E-state index in [1.165, 1.54) is 0 Å². The number of aliphatic hydroxyl groups is 1. The van der Waals surface area contributed by atoms with Crippen molar-refractivity contribution in [2.45, 2.75) is 39.7 Å². The van der Waals surface area contributed by atoms with Crippen molar-refractivity contribution in [3.8, 4) is 0 Å². The molecule has 0 spiro atoms. The topological polar surface area (TPSA) is 37.3 Å². The Balaban J connectivity index is 3.84. The summed E-state index contributed by atoms with van der Waals surface area (Å²) < 4.78 is 0. The van der Waals surface area contributed by atoms with Gasteiger partial charge in [-0.3, -0.25) is 4.79 Å². The van der Waals surface area contributed by atoms with Gasteiger partial charge in [0, 0.05) is 0 Å². The second-order valence-corrected chi connectivity index (χ2v) is 3.25. The molecule has 2 heteroatoms. The van der Waals surface area contributed by atoms with Crippen molar-refractivity contribution in [1.29, 1.82) is 0 Å². The van der Waals surface area contributed by atoms with Crippen LogP contribution in [0.4, 0.5) is 0 Å². The van der Waals surface area contributed by atoms with Gasteiger partial charge in [-0.25, -0.2) is 0 Å². The molecule has 70 valence electrons. The van der Waals surface area contributed by atoms with Crippen LogP contribution in [0.3, 0.4) is 0 Å². The zero-order valence-electron chi connectivity index (χ0n) is 8.08. The number of hydrogen-bond donors (Lipinski definition) is 1. The SMILES string of the molecule is CCC(C)C(O)CC=C(C)C=O. The number of carbonyl (C=O) groups excluding carboxylic acids is 1. The zero-order valence-corrected chi connectivity index (χ0v) is 8.08. The molecule has 0 heterocycles. The van der Waals surface area contributed by atoms with Crippen LogP contribution in [-0.4, -0.2) is 17.5 Å². The minimum Gasteiger partial charge on any atom is -0.393 e. The van der Waals surface area contributed by atoms with E-state index in [2.05, 4.69) is 0 Å². The van der Waals surface area contributed by atoms with Crippen LogP contribution in [-0.2, 0) is 4.79 Å². The van der Waals surface area contributed by atoms with Crippen molar-refractivity contribution in [1.82, 2.24) is 0 Å². The van der Waals surface area contributed by atoms with E-state index in [0.29, 0.717) is 17.9 Å². The molecule has 0 aliphatic rings. The fourth-order valence-corrected chi connectivity index (χ4v) is 0.859. The summed E-state index contributed by atoms with van der Waals surface area (Å²) in [5.74, 6) is 0.306. The molecule has 0 aromatic carbocycles. The van der Waals surface area contributed by atoms with Crippen LogP contribution in [0, 0.1) is 5.92 Å². The van der Waals surface area contributed by atoms with Crippen LogP contribution in [0.2, 0.25) is 0 Å². The third-order valence-electron chi connectivity index (χ3n) is 2.17. The fourth-order valence-electron chi connectivity index (χ4n) is 0.859. The molecule has 2 unspecified atom stereocenters. The maximum absolute atomic E-state index is 10.2. The van der Waals surface area contributed by atoms with Gasteiger partial charge in [0.25, 0.3) is 0 Å². The molecule has 0 aliphatic carbocycles. The molecule has 1 N–H and O–H groups in total. The first-order chi connectivity index (χ1) is 5.61. The minimum atomic E-state index is -0.315. The summed E-state index contributed by atoms with van der Waals surface area (Å²) in [7, 11) is 0. The van der Waals surface area contributed by atoms with E-state index >= 15 is 0 Å². The summed E-state index contributed by atoms with van der Waals surface area (Å²) in [6.07, 6.45) is 3.83. The fraction of sp³-hybridized carbons (Fsp3) is 0.700. The molecule has 0 saturated carbocycles. The van der Waals surface area contributed by atoms with Crippen molar-refractivity contribution < 1.29 is 9.90 Å². The molecule has 0 radical (unpaired) electrons. The maximum atomic E-state index is 10.2. The van der Waals surface area contributed by atoms with Gasteiger partial charge in [0.05, 0.1) is 6.10 Å². The van der Waals surface area contributed by atoms with E-state index in [1.54, 1.807) is 13.0 Å². The van der Waals surface area contributed by atoms with E-state index in [-0.39, 0.29) is 6.10 Å². The van der Waals surface area contributed by atoms with Crippen LogP contribution < -0.4 is 0 Å². The summed E-state index contributed by atoms with van der Waals surface area (Å²) in [4.78, 5) is 10.2. The Kier molecular flexibility index (Phi) is 5.64. The molecule has 0 fully saturated rings. The third kappa shape index (κ3) is 4.29. The lowest BCUT2D eigenvalue weighted by molar-refractivity contribution is -0.104. The minimum absolute atomic E-state index is 0.306. The standard InChI is InChI=1S/C10H18O2/c1-4-9(3)10(12)6-5-8(2)7-11/h5,7,9-10,12H,4,6H2,1-3H3. The van der Waals surface area contributed by atoms with Gasteiger partial charge in [0.15, 0.2) is 0 Å². The first kappa shape index (κ1) is 11.4. The lowest BCUT2D eigenvalue weighted by Gasteiger charge is -2.14. The van der Waals surface area contributed by atoms with Gasteiger partial charge in [-0.1, -0.05) is 26.3 Å². The van der Waals surface area contributed by atoms with Gasteiger partial charge < -0.3 is 5.11 Å². The average molecular weight is 170 g/mol. The average Bonchev–Trinajstić information content (AvgIpc) is 2.11. The zero-order chi connectivity index (χ0) is 9.56. The predicted octanol–water partition coefficient (Wildman–Crippen LogP) is 1.93. The van der Waals surface area contributed by atoms with Gasteiger partial charge in [-0.05, 0) is 24.8 Å². The molecule has 0 bridgehead atoms. The number of aldehydes is 1. The van der Waals surface area contributed by atoms with Crippen LogP contribution in [0.15, 0.2) is 11.6 Å². The van der Waals surface area contributed by atoms with Crippen LogP contribution in [0.5, 0.6) is 0 Å². The Morgan fingerprint density at radius 3 is 2.58 bits per heavy atom. The van der Waals surface area contributed by atoms with Crippen molar-refractivity contribution in [3.05, 3.63) is 11.6 Å². The summed E-state index contributed by atoms with van der Waals surface area (Å²) in [6.45, 7) is 5.80. The molecule has 0 aromatic rings. The summed E-state index contributed by atoms with van der Waals surface area (Å²) in [5, 5.41) is 9.50. The second-order valence-electron chi connectivity index (χ2n) is 3.25. The van der Waals surface area contributed by atoms with Gasteiger partial charge >= 0.3 is 0 Å². The van der Waals surface area contributed by atoms with Crippen LogP contribution >= 0.6 is 0 Å². The second kappa shape index (κ2) is 5.95. The molecule has 2 atom stereocenters.